The van der Waals surface area contributed by atoms with E-state index in [0.717, 1.165) is 24.2 Å². The molecule has 1 aliphatic heterocycles. The van der Waals surface area contributed by atoms with Gasteiger partial charge in [-0.05, 0) is 24.6 Å². The lowest BCUT2D eigenvalue weighted by Gasteiger charge is -2.16. The largest absolute Gasteiger partial charge is 0.357 e. The Morgan fingerprint density at radius 2 is 2.00 bits per heavy atom. The zero-order valence-corrected chi connectivity index (χ0v) is 12.4. The average molecular weight is 291 g/mol. The molecule has 0 bridgehead atoms. The van der Waals surface area contributed by atoms with Gasteiger partial charge in [-0.1, -0.05) is 0 Å². The number of anilines is 2. The Morgan fingerprint density at radius 1 is 1.20 bits per heavy atom. The van der Waals surface area contributed by atoms with E-state index in [9.17, 15) is 0 Å². The van der Waals surface area contributed by atoms with E-state index in [2.05, 4.69) is 30.2 Å². The molecule has 7 nitrogen and oxygen atoms in total. The van der Waals surface area contributed by atoms with Gasteiger partial charge in [0.2, 0.25) is 17.1 Å². The van der Waals surface area contributed by atoms with Gasteiger partial charge in [0.25, 0.3) is 0 Å². The fourth-order valence-electron chi connectivity index (χ4n) is 2.09. The molecule has 8 heteroatoms. The first-order valence-corrected chi connectivity index (χ1v) is 7.42. The summed E-state index contributed by atoms with van der Waals surface area (Å²) in [5.41, 5.74) is 0. The maximum atomic E-state index is 4.55. The lowest BCUT2D eigenvalue weighted by Crippen LogP contribution is -2.21. The first kappa shape index (κ1) is 13.2. The molecule has 0 spiro atoms. The predicted molar refractivity (Wildman–Crippen MR) is 78.2 cm³/mol. The van der Waals surface area contributed by atoms with E-state index in [-0.39, 0.29) is 0 Å². The second-order valence-electron chi connectivity index (χ2n) is 4.61. The average Bonchev–Trinajstić information content (AvgIpc) is 3.11. The smallest absolute Gasteiger partial charge is 0.231 e. The zero-order valence-electron chi connectivity index (χ0n) is 11.6. The molecule has 0 aromatic carbocycles. The lowest BCUT2D eigenvalue weighted by atomic mass is 10.4. The van der Waals surface area contributed by atoms with Crippen LogP contribution in [0.4, 0.5) is 11.9 Å². The number of imidazole rings is 1. The number of hydrogen-bond acceptors (Lipinski definition) is 7. The first-order chi connectivity index (χ1) is 9.76. The standard InChI is InChI=1S/C12H17N7S/c1-13-9-15-10(19-6-3-4-7-19)17-11(16-9)20-12-14-5-8-18(12)2/h5,8H,3-4,6-7H2,1-2H3,(H,13,15,16,17). The molecule has 106 valence electrons. The topological polar surface area (TPSA) is 71.8 Å². The molecule has 2 aromatic rings. The van der Waals surface area contributed by atoms with Crippen LogP contribution < -0.4 is 10.2 Å². The van der Waals surface area contributed by atoms with Crippen molar-refractivity contribution in [3.63, 3.8) is 0 Å². The summed E-state index contributed by atoms with van der Waals surface area (Å²) in [4.78, 5) is 19.9. The van der Waals surface area contributed by atoms with Crippen LogP contribution in [0.3, 0.4) is 0 Å². The first-order valence-electron chi connectivity index (χ1n) is 6.60. The van der Waals surface area contributed by atoms with E-state index in [1.54, 1.807) is 6.20 Å². The van der Waals surface area contributed by atoms with Crippen LogP contribution >= 0.6 is 11.8 Å². The summed E-state index contributed by atoms with van der Waals surface area (Å²) in [6.45, 7) is 2.03. The van der Waals surface area contributed by atoms with Crippen molar-refractivity contribution >= 4 is 23.7 Å². The van der Waals surface area contributed by atoms with E-state index in [1.165, 1.54) is 24.6 Å². The van der Waals surface area contributed by atoms with Crippen LogP contribution in [-0.4, -0.2) is 44.6 Å². The lowest BCUT2D eigenvalue weighted by molar-refractivity contribution is 0.780. The Hall–Kier alpha value is -1.83. The van der Waals surface area contributed by atoms with Crippen LogP contribution in [0.15, 0.2) is 22.7 Å². The number of hydrogen-bond donors (Lipinski definition) is 1. The molecule has 20 heavy (non-hydrogen) atoms. The van der Waals surface area contributed by atoms with Gasteiger partial charge in [-0.2, -0.15) is 15.0 Å². The monoisotopic (exact) mass is 291 g/mol. The Morgan fingerprint density at radius 3 is 2.65 bits per heavy atom. The maximum Gasteiger partial charge on any atom is 0.231 e. The predicted octanol–water partition coefficient (Wildman–Crippen LogP) is 1.40. The summed E-state index contributed by atoms with van der Waals surface area (Å²) in [7, 11) is 3.77. The quantitative estimate of drug-likeness (QED) is 0.912. The van der Waals surface area contributed by atoms with Gasteiger partial charge in [0.05, 0.1) is 0 Å². The van der Waals surface area contributed by atoms with E-state index < -0.39 is 0 Å². The van der Waals surface area contributed by atoms with Gasteiger partial charge < -0.3 is 14.8 Å². The van der Waals surface area contributed by atoms with Gasteiger partial charge in [-0.15, -0.1) is 0 Å². The van der Waals surface area contributed by atoms with Crippen molar-refractivity contribution in [3.05, 3.63) is 12.4 Å². The van der Waals surface area contributed by atoms with Crippen LogP contribution in [-0.2, 0) is 7.05 Å². The number of aryl methyl sites for hydroxylation is 1. The van der Waals surface area contributed by atoms with Gasteiger partial charge in [-0.25, -0.2) is 4.98 Å². The third kappa shape index (κ3) is 2.69. The molecule has 0 unspecified atom stereocenters. The molecule has 0 radical (unpaired) electrons. The zero-order chi connectivity index (χ0) is 13.9. The summed E-state index contributed by atoms with van der Waals surface area (Å²) in [5.74, 6) is 1.34. The fraction of sp³-hybridized carbons (Fsp3) is 0.500. The molecule has 1 saturated heterocycles. The number of nitrogens with zero attached hydrogens (tertiary/aromatic N) is 6. The van der Waals surface area contributed by atoms with Crippen LogP contribution in [0.25, 0.3) is 0 Å². The highest BCUT2D eigenvalue weighted by atomic mass is 32.2. The van der Waals surface area contributed by atoms with Crippen molar-refractivity contribution in [1.82, 2.24) is 24.5 Å². The van der Waals surface area contributed by atoms with Crippen LogP contribution in [0, 0.1) is 0 Å². The SMILES string of the molecule is CNc1nc(Sc2nccn2C)nc(N2CCCC2)n1. The van der Waals surface area contributed by atoms with E-state index >= 15 is 0 Å². The molecular weight excluding hydrogens is 274 g/mol. The van der Waals surface area contributed by atoms with Crippen molar-refractivity contribution < 1.29 is 0 Å². The molecule has 3 heterocycles. The molecule has 1 N–H and O–H groups in total. The number of aromatic nitrogens is 5. The normalized spacial score (nSPS) is 14.8. The molecule has 2 aromatic heterocycles. The van der Waals surface area contributed by atoms with E-state index in [4.69, 9.17) is 0 Å². The summed E-state index contributed by atoms with van der Waals surface area (Å²) in [6.07, 6.45) is 6.07. The minimum atomic E-state index is 0.596. The molecule has 3 rings (SSSR count). The van der Waals surface area contributed by atoms with Gasteiger partial charge in [-0.3, -0.25) is 0 Å². The third-order valence-corrected chi connectivity index (χ3v) is 4.12. The molecule has 1 fully saturated rings. The fourth-order valence-corrected chi connectivity index (χ4v) is 2.83. The number of nitrogens with one attached hydrogen (secondary N) is 1. The second-order valence-corrected chi connectivity index (χ2v) is 5.54. The molecule has 0 saturated carbocycles. The summed E-state index contributed by atoms with van der Waals surface area (Å²) >= 11 is 1.45. The van der Waals surface area contributed by atoms with Crippen molar-refractivity contribution in [1.29, 1.82) is 0 Å². The molecule has 0 atom stereocenters. The minimum absolute atomic E-state index is 0.596. The van der Waals surface area contributed by atoms with Gasteiger partial charge in [0, 0.05) is 39.6 Å². The van der Waals surface area contributed by atoms with Crippen molar-refractivity contribution in [2.75, 3.05) is 30.4 Å². The molecule has 1 aliphatic rings. The third-order valence-electron chi connectivity index (χ3n) is 3.18. The summed E-state index contributed by atoms with van der Waals surface area (Å²) in [6, 6.07) is 0. The highest BCUT2D eigenvalue weighted by Crippen LogP contribution is 2.25. The van der Waals surface area contributed by atoms with E-state index in [1.807, 2.05) is 24.9 Å². The van der Waals surface area contributed by atoms with Crippen LogP contribution in [0.2, 0.25) is 0 Å². The van der Waals surface area contributed by atoms with Crippen molar-refractivity contribution in [3.8, 4) is 0 Å². The van der Waals surface area contributed by atoms with E-state index in [0.29, 0.717) is 11.1 Å². The highest BCUT2D eigenvalue weighted by Gasteiger charge is 2.18. The van der Waals surface area contributed by atoms with Crippen molar-refractivity contribution in [2.24, 2.45) is 7.05 Å². The highest BCUT2D eigenvalue weighted by molar-refractivity contribution is 7.99. The number of rotatable bonds is 4. The summed E-state index contributed by atoms with van der Waals surface area (Å²) in [5, 5.41) is 4.53. The maximum absolute atomic E-state index is 4.55. The van der Waals surface area contributed by atoms with Crippen LogP contribution in [0.5, 0.6) is 0 Å². The van der Waals surface area contributed by atoms with Gasteiger partial charge in [0.15, 0.2) is 5.16 Å². The summed E-state index contributed by atoms with van der Waals surface area (Å²) < 4.78 is 1.95. The van der Waals surface area contributed by atoms with Crippen molar-refractivity contribution in [2.45, 2.75) is 23.2 Å². The van der Waals surface area contributed by atoms with Gasteiger partial charge >= 0.3 is 0 Å². The molecule has 0 amide bonds. The Bertz CT molecular complexity index is 591. The van der Waals surface area contributed by atoms with Gasteiger partial charge in [0.1, 0.15) is 0 Å². The Balaban J connectivity index is 1.89. The van der Waals surface area contributed by atoms with Crippen LogP contribution in [0.1, 0.15) is 12.8 Å². The minimum Gasteiger partial charge on any atom is -0.357 e. The molecule has 0 aliphatic carbocycles. The second kappa shape index (κ2) is 5.66. The molecular formula is C12H17N7S. The Labute approximate surface area is 121 Å². The Kier molecular flexibility index (Phi) is 3.72.